The highest BCUT2D eigenvalue weighted by molar-refractivity contribution is 5.89. The SMILES string of the molecule is CC1CCCC(NC(=O)COC(=O)c2ccccn2)C1C. The monoisotopic (exact) mass is 290 g/mol. The van der Waals surface area contributed by atoms with Crippen molar-refractivity contribution in [3.63, 3.8) is 0 Å². The molecule has 0 saturated heterocycles. The van der Waals surface area contributed by atoms with E-state index >= 15 is 0 Å². The van der Waals surface area contributed by atoms with Gasteiger partial charge in [0.1, 0.15) is 5.69 Å². The number of esters is 1. The summed E-state index contributed by atoms with van der Waals surface area (Å²) in [5.74, 6) is 0.246. The zero-order valence-corrected chi connectivity index (χ0v) is 12.5. The Balaban J connectivity index is 1.78. The summed E-state index contributed by atoms with van der Waals surface area (Å²) in [6.45, 7) is 4.12. The predicted molar refractivity (Wildman–Crippen MR) is 78.6 cm³/mol. The van der Waals surface area contributed by atoms with Gasteiger partial charge in [0.2, 0.25) is 0 Å². The van der Waals surface area contributed by atoms with Crippen LogP contribution in [0.1, 0.15) is 43.6 Å². The molecule has 21 heavy (non-hydrogen) atoms. The molecule has 1 heterocycles. The molecule has 0 spiro atoms. The van der Waals surface area contributed by atoms with Gasteiger partial charge < -0.3 is 10.1 Å². The second-order valence-corrected chi connectivity index (χ2v) is 5.73. The first-order chi connectivity index (χ1) is 10.1. The number of aromatic nitrogens is 1. The molecule has 1 saturated carbocycles. The highest BCUT2D eigenvalue weighted by Crippen LogP contribution is 2.29. The molecule has 1 N–H and O–H groups in total. The van der Waals surface area contributed by atoms with E-state index in [0.29, 0.717) is 11.8 Å². The Bertz CT molecular complexity index is 490. The van der Waals surface area contributed by atoms with Gasteiger partial charge >= 0.3 is 5.97 Å². The van der Waals surface area contributed by atoms with E-state index in [1.54, 1.807) is 18.2 Å². The molecule has 1 aliphatic carbocycles. The molecule has 1 fully saturated rings. The van der Waals surface area contributed by atoms with Gasteiger partial charge in [-0.25, -0.2) is 9.78 Å². The summed E-state index contributed by atoms with van der Waals surface area (Å²) in [7, 11) is 0. The van der Waals surface area contributed by atoms with Crippen molar-refractivity contribution in [3.05, 3.63) is 30.1 Å². The molecule has 0 aromatic carbocycles. The molecule has 3 atom stereocenters. The van der Waals surface area contributed by atoms with Crippen LogP contribution in [-0.4, -0.2) is 29.5 Å². The number of nitrogens with one attached hydrogen (secondary N) is 1. The minimum Gasteiger partial charge on any atom is -0.451 e. The lowest BCUT2D eigenvalue weighted by Gasteiger charge is -2.34. The fraction of sp³-hybridized carbons (Fsp3) is 0.562. The average Bonchev–Trinajstić information content (AvgIpc) is 2.50. The van der Waals surface area contributed by atoms with Crippen molar-refractivity contribution in [3.8, 4) is 0 Å². The van der Waals surface area contributed by atoms with E-state index in [0.717, 1.165) is 12.8 Å². The molecule has 1 aliphatic rings. The third kappa shape index (κ3) is 4.28. The van der Waals surface area contributed by atoms with Crippen LogP contribution in [-0.2, 0) is 9.53 Å². The maximum absolute atomic E-state index is 11.9. The topological polar surface area (TPSA) is 68.3 Å². The molecule has 1 aromatic rings. The van der Waals surface area contributed by atoms with Crippen molar-refractivity contribution >= 4 is 11.9 Å². The number of rotatable bonds is 4. The van der Waals surface area contributed by atoms with Crippen LogP contribution < -0.4 is 5.32 Å². The first kappa shape index (κ1) is 15.5. The lowest BCUT2D eigenvalue weighted by molar-refractivity contribution is -0.125. The minimum absolute atomic E-state index is 0.176. The second-order valence-electron chi connectivity index (χ2n) is 5.73. The molecule has 0 bridgehead atoms. The number of hydrogen-bond acceptors (Lipinski definition) is 4. The third-order valence-electron chi connectivity index (χ3n) is 4.26. The third-order valence-corrected chi connectivity index (χ3v) is 4.26. The van der Waals surface area contributed by atoms with Gasteiger partial charge in [-0.2, -0.15) is 0 Å². The summed E-state index contributed by atoms with van der Waals surface area (Å²) >= 11 is 0. The number of carbonyl (C=O) groups excluding carboxylic acids is 2. The molecule has 114 valence electrons. The summed E-state index contributed by atoms with van der Waals surface area (Å²) in [6, 6.07) is 5.16. The smallest absolute Gasteiger partial charge is 0.357 e. The van der Waals surface area contributed by atoms with E-state index in [2.05, 4.69) is 24.1 Å². The first-order valence-corrected chi connectivity index (χ1v) is 7.45. The number of ether oxygens (including phenoxy) is 1. The number of carbonyl (C=O) groups is 2. The van der Waals surface area contributed by atoms with Gasteiger partial charge in [0.25, 0.3) is 5.91 Å². The van der Waals surface area contributed by atoms with E-state index in [4.69, 9.17) is 4.74 Å². The van der Waals surface area contributed by atoms with Crippen LogP contribution in [0.15, 0.2) is 24.4 Å². The highest BCUT2D eigenvalue weighted by atomic mass is 16.5. The standard InChI is InChI=1S/C16H22N2O3/c1-11-6-5-8-13(12(11)2)18-15(19)10-21-16(20)14-7-3-4-9-17-14/h3-4,7,9,11-13H,5-6,8,10H2,1-2H3,(H,18,19). The highest BCUT2D eigenvalue weighted by Gasteiger charge is 2.28. The van der Waals surface area contributed by atoms with Gasteiger partial charge in [-0.15, -0.1) is 0 Å². The summed E-state index contributed by atoms with van der Waals surface area (Å²) in [6.07, 6.45) is 4.85. The molecule has 3 unspecified atom stereocenters. The van der Waals surface area contributed by atoms with Crippen molar-refractivity contribution in [2.75, 3.05) is 6.61 Å². The van der Waals surface area contributed by atoms with Crippen LogP contribution in [0.25, 0.3) is 0 Å². The van der Waals surface area contributed by atoms with Crippen LogP contribution >= 0.6 is 0 Å². The van der Waals surface area contributed by atoms with Gasteiger partial charge in [0.05, 0.1) is 0 Å². The summed E-state index contributed by atoms with van der Waals surface area (Å²) in [4.78, 5) is 27.5. The van der Waals surface area contributed by atoms with Crippen molar-refractivity contribution in [1.29, 1.82) is 0 Å². The average molecular weight is 290 g/mol. The van der Waals surface area contributed by atoms with E-state index in [9.17, 15) is 9.59 Å². The van der Waals surface area contributed by atoms with Crippen molar-refractivity contribution in [2.45, 2.75) is 39.2 Å². The minimum atomic E-state index is -0.573. The molecule has 5 nitrogen and oxygen atoms in total. The lowest BCUT2D eigenvalue weighted by Crippen LogP contribution is -2.45. The maximum Gasteiger partial charge on any atom is 0.357 e. The van der Waals surface area contributed by atoms with Crippen LogP contribution in [0.2, 0.25) is 0 Å². The Hall–Kier alpha value is -1.91. The zero-order valence-electron chi connectivity index (χ0n) is 12.5. The first-order valence-electron chi connectivity index (χ1n) is 7.45. The molecular weight excluding hydrogens is 268 g/mol. The molecule has 0 aliphatic heterocycles. The fourth-order valence-electron chi connectivity index (χ4n) is 2.72. The quantitative estimate of drug-likeness (QED) is 0.863. The second kappa shape index (κ2) is 7.20. The van der Waals surface area contributed by atoms with E-state index < -0.39 is 5.97 Å². The van der Waals surface area contributed by atoms with Crippen molar-refractivity contribution in [1.82, 2.24) is 10.3 Å². The van der Waals surface area contributed by atoms with Gasteiger partial charge in [0.15, 0.2) is 6.61 Å². The molecule has 0 radical (unpaired) electrons. The number of nitrogens with zero attached hydrogens (tertiary/aromatic N) is 1. The summed E-state index contributed by atoms with van der Waals surface area (Å²) in [5, 5.41) is 2.97. The molecular formula is C16H22N2O3. The Labute approximate surface area is 125 Å². The number of amides is 1. The molecule has 1 amide bonds. The van der Waals surface area contributed by atoms with Gasteiger partial charge in [-0.1, -0.05) is 32.8 Å². The van der Waals surface area contributed by atoms with Crippen molar-refractivity contribution in [2.24, 2.45) is 11.8 Å². The molecule has 1 aromatic heterocycles. The van der Waals surface area contributed by atoms with Gasteiger partial charge in [-0.05, 0) is 30.4 Å². The van der Waals surface area contributed by atoms with Crippen LogP contribution in [0.5, 0.6) is 0 Å². The largest absolute Gasteiger partial charge is 0.451 e. The van der Waals surface area contributed by atoms with Crippen LogP contribution in [0.4, 0.5) is 0 Å². The number of pyridine rings is 1. The van der Waals surface area contributed by atoms with E-state index in [-0.39, 0.29) is 24.2 Å². The maximum atomic E-state index is 11.9. The lowest BCUT2D eigenvalue weighted by atomic mass is 9.78. The van der Waals surface area contributed by atoms with Crippen LogP contribution in [0.3, 0.4) is 0 Å². The molecule has 2 rings (SSSR count). The van der Waals surface area contributed by atoms with Crippen molar-refractivity contribution < 1.29 is 14.3 Å². The molecule has 5 heteroatoms. The summed E-state index contributed by atoms with van der Waals surface area (Å²) < 4.78 is 4.98. The Morgan fingerprint density at radius 2 is 2.14 bits per heavy atom. The zero-order chi connectivity index (χ0) is 15.2. The Kier molecular flexibility index (Phi) is 5.31. The van der Waals surface area contributed by atoms with E-state index in [1.165, 1.54) is 12.6 Å². The predicted octanol–water partition coefficient (Wildman–Crippen LogP) is 2.18. The van der Waals surface area contributed by atoms with Crippen LogP contribution in [0, 0.1) is 11.8 Å². The Morgan fingerprint density at radius 3 is 2.86 bits per heavy atom. The number of hydrogen-bond donors (Lipinski definition) is 1. The normalized spacial score (nSPS) is 25.1. The summed E-state index contributed by atoms with van der Waals surface area (Å²) in [5.41, 5.74) is 0.213. The fourth-order valence-corrected chi connectivity index (χ4v) is 2.72. The van der Waals surface area contributed by atoms with Gasteiger partial charge in [-0.3, -0.25) is 4.79 Å². The Morgan fingerprint density at radius 1 is 1.33 bits per heavy atom. The van der Waals surface area contributed by atoms with E-state index in [1.807, 2.05) is 0 Å². The van der Waals surface area contributed by atoms with Gasteiger partial charge in [0, 0.05) is 12.2 Å².